The largest absolute Gasteiger partial charge is 0.392 e. The van der Waals surface area contributed by atoms with E-state index in [4.69, 9.17) is 46.4 Å². The zero-order valence-corrected chi connectivity index (χ0v) is 20.0. The Hall–Kier alpha value is -2.86. The Kier molecular flexibility index (Phi) is 7.57. The van der Waals surface area contributed by atoms with E-state index < -0.39 is 0 Å². The highest BCUT2D eigenvalue weighted by Crippen LogP contribution is 2.32. The first-order chi connectivity index (χ1) is 16.3. The quantitative estimate of drug-likeness (QED) is 0.258. The SMILES string of the molecule is OCc1cc(Nc2nc(Cl)nc(Cl)n2)ccc1-c1ccc(Nc2nc(Cl)nc(Cl)n2)cc1CO. The van der Waals surface area contributed by atoms with Gasteiger partial charge in [0.25, 0.3) is 0 Å². The molecular formula is C20H14Cl4N8O2. The summed E-state index contributed by atoms with van der Waals surface area (Å²) in [4.78, 5) is 23.2. The first-order valence-electron chi connectivity index (χ1n) is 9.50. The number of aliphatic hydroxyl groups is 2. The average Bonchev–Trinajstić information content (AvgIpc) is 2.77. The Morgan fingerprint density at radius 2 is 0.912 bits per heavy atom. The van der Waals surface area contributed by atoms with Crippen LogP contribution in [-0.2, 0) is 13.2 Å². The van der Waals surface area contributed by atoms with Crippen molar-refractivity contribution >= 4 is 69.7 Å². The van der Waals surface area contributed by atoms with Gasteiger partial charge < -0.3 is 20.8 Å². The van der Waals surface area contributed by atoms with E-state index >= 15 is 0 Å². The molecule has 4 rings (SSSR count). The van der Waals surface area contributed by atoms with Gasteiger partial charge >= 0.3 is 0 Å². The average molecular weight is 540 g/mol. The number of benzene rings is 2. The van der Waals surface area contributed by atoms with E-state index in [1.807, 2.05) is 0 Å². The van der Waals surface area contributed by atoms with Crippen molar-refractivity contribution in [2.75, 3.05) is 10.6 Å². The molecule has 0 aliphatic rings. The molecule has 0 aliphatic heterocycles. The third kappa shape index (κ3) is 5.79. The lowest BCUT2D eigenvalue weighted by atomic mass is 9.95. The standard InChI is InChI=1S/C20H14Cl4N8O2/c21-15-27-16(22)30-19(29-15)25-11-1-3-13(9(5-11)7-33)14-4-2-12(6-10(14)8-34)26-20-31-17(23)28-18(24)32-20/h1-6,33-34H,7-8H2,(H,25,27,29,30)(H,26,28,31,32). The lowest BCUT2D eigenvalue weighted by molar-refractivity contribution is 0.280. The van der Waals surface area contributed by atoms with Gasteiger partial charge in [0.2, 0.25) is 33.0 Å². The normalized spacial score (nSPS) is 10.9. The molecule has 0 fully saturated rings. The minimum absolute atomic E-state index is 0.0514. The van der Waals surface area contributed by atoms with Crippen LogP contribution in [0.5, 0.6) is 0 Å². The summed E-state index contributed by atoms with van der Waals surface area (Å²) < 4.78 is 0. The van der Waals surface area contributed by atoms with E-state index in [0.29, 0.717) is 22.5 Å². The van der Waals surface area contributed by atoms with E-state index in [-0.39, 0.29) is 46.2 Å². The summed E-state index contributed by atoms with van der Waals surface area (Å²) in [5.41, 5.74) is 3.84. The maximum Gasteiger partial charge on any atom is 0.232 e. The maximum atomic E-state index is 9.99. The Labute approximate surface area is 213 Å². The molecule has 0 radical (unpaired) electrons. The second-order valence-corrected chi connectivity index (χ2v) is 8.06. The van der Waals surface area contributed by atoms with E-state index in [9.17, 15) is 10.2 Å². The molecule has 0 unspecified atom stereocenters. The van der Waals surface area contributed by atoms with Crippen LogP contribution in [0.1, 0.15) is 11.1 Å². The minimum atomic E-state index is -0.254. The van der Waals surface area contributed by atoms with Gasteiger partial charge in [0, 0.05) is 11.4 Å². The van der Waals surface area contributed by atoms with Crippen LogP contribution in [0.15, 0.2) is 36.4 Å². The first-order valence-corrected chi connectivity index (χ1v) is 11.0. The zero-order valence-electron chi connectivity index (χ0n) is 17.0. The summed E-state index contributed by atoms with van der Waals surface area (Å²) in [5, 5.41) is 25.7. The molecule has 4 N–H and O–H groups in total. The van der Waals surface area contributed by atoms with Crippen molar-refractivity contribution < 1.29 is 10.2 Å². The highest BCUT2D eigenvalue weighted by atomic mass is 35.5. The summed E-state index contributed by atoms with van der Waals surface area (Å²) in [6.07, 6.45) is 0. The third-order valence-electron chi connectivity index (χ3n) is 4.52. The number of hydrogen-bond donors (Lipinski definition) is 4. The Balaban J connectivity index is 1.63. The Morgan fingerprint density at radius 3 is 1.24 bits per heavy atom. The summed E-state index contributed by atoms with van der Waals surface area (Å²) in [7, 11) is 0. The molecule has 0 saturated heterocycles. The van der Waals surface area contributed by atoms with Crippen LogP contribution >= 0.6 is 46.4 Å². The van der Waals surface area contributed by atoms with E-state index in [2.05, 4.69) is 40.5 Å². The van der Waals surface area contributed by atoms with Gasteiger partial charge in [0.1, 0.15) is 0 Å². The van der Waals surface area contributed by atoms with Crippen LogP contribution in [0.4, 0.5) is 23.3 Å². The van der Waals surface area contributed by atoms with Crippen molar-refractivity contribution in [1.82, 2.24) is 29.9 Å². The van der Waals surface area contributed by atoms with Gasteiger partial charge in [-0.05, 0) is 92.9 Å². The van der Waals surface area contributed by atoms with Crippen molar-refractivity contribution in [3.05, 3.63) is 68.7 Å². The molecule has 14 heteroatoms. The molecule has 0 amide bonds. The topological polar surface area (TPSA) is 142 Å². The van der Waals surface area contributed by atoms with Crippen molar-refractivity contribution in [3.63, 3.8) is 0 Å². The highest BCUT2D eigenvalue weighted by Gasteiger charge is 2.13. The fraction of sp³-hybridized carbons (Fsp3) is 0.100. The predicted octanol–water partition coefficient (Wildman–Crippen LogP) is 4.81. The minimum Gasteiger partial charge on any atom is -0.392 e. The van der Waals surface area contributed by atoms with Crippen molar-refractivity contribution in [1.29, 1.82) is 0 Å². The van der Waals surface area contributed by atoms with Crippen molar-refractivity contribution in [3.8, 4) is 11.1 Å². The van der Waals surface area contributed by atoms with Crippen molar-refractivity contribution in [2.45, 2.75) is 13.2 Å². The molecule has 34 heavy (non-hydrogen) atoms. The number of nitrogens with zero attached hydrogens (tertiary/aromatic N) is 6. The molecule has 10 nitrogen and oxygen atoms in total. The highest BCUT2D eigenvalue weighted by molar-refractivity contribution is 6.31. The van der Waals surface area contributed by atoms with Crippen molar-refractivity contribution in [2.24, 2.45) is 0 Å². The number of anilines is 4. The number of hydrogen-bond acceptors (Lipinski definition) is 10. The predicted molar refractivity (Wildman–Crippen MR) is 130 cm³/mol. The van der Waals surface area contributed by atoms with Gasteiger partial charge in [-0.15, -0.1) is 0 Å². The molecule has 0 atom stereocenters. The van der Waals surface area contributed by atoms with Gasteiger partial charge in [-0.3, -0.25) is 0 Å². The van der Waals surface area contributed by atoms with Gasteiger partial charge in [-0.25, -0.2) is 0 Å². The summed E-state index contributed by atoms with van der Waals surface area (Å²) in [5.74, 6) is 0.318. The van der Waals surface area contributed by atoms with Crippen LogP contribution in [0, 0.1) is 0 Å². The number of aromatic nitrogens is 6. The molecule has 2 heterocycles. The summed E-state index contributed by atoms with van der Waals surface area (Å²) in [6, 6.07) is 10.6. The molecule has 0 spiro atoms. The van der Waals surface area contributed by atoms with Crippen LogP contribution < -0.4 is 10.6 Å². The van der Waals surface area contributed by atoms with Crippen LogP contribution in [0.25, 0.3) is 11.1 Å². The zero-order chi connectivity index (χ0) is 24.2. The van der Waals surface area contributed by atoms with E-state index in [1.165, 1.54) is 0 Å². The maximum absolute atomic E-state index is 9.99. The Bertz CT molecular complexity index is 1210. The molecule has 2 aromatic heterocycles. The summed E-state index contributed by atoms with van der Waals surface area (Å²) in [6.45, 7) is -0.507. The second-order valence-electron chi connectivity index (χ2n) is 6.70. The number of nitrogens with one attached hydrogen (secondary N) is 2. The smallest absolute Gasteiger partial charge is 0.232 e. The first kappa shape index (κ1) is 24.3. The molecule has 0 saturated carbocycles. The fourth-order valence-electron chi connectivity index (χ4n) is 3.15. The van der Waals surface area contributed by atoms with Crippen LogP contribution in [0.2, 0.25) is 21.1 Å². The Morgan fingerprint density at radius 1 is 0.559 bits per heavy atom. The van der Waals surface area contributed by atoms with Crippen LogP contribution in [-0.4, -0.2) is 40.1 Å². The molecule has 0 bridgehead atoms. The van der Waals surface area contributed by atoms with E-state index in [1.54, 1.807) is 36.4 Å². The third-order valence-corrected chi connectivity index (χ3v) is 5.19. The lowest BCUT2D eigenvalue weighted by Crippen LogP contribution is -2.02. The monoisotopic (exact) mass is 538 g/mol. The number of rotatable bonds is 7. The van der Waals surface area contributed by atoms with Gasteiger partial charge in [-0.2, -0.15) is 29.9 Å². The number of aliphatic hydroxyl groups excluding tert-OH is 2. The summed E-state index contributed by atoms with van der Waals surface area (Å²) >= 11 is 23.3. The van der Waals surface area contributed by atoms with E-state index in [0.717, 1.165) is 11.1 Å². The van der Waals surface area contributed by atoms with Gasteiger partial charge in [0.15, 0.2) is 0 Å². The molecular weight excluding hydrogens is 526 g/mol. The van der Waals surface area contributed by atoms with Crippen LogP contribution in [0.3, 0.4) is 0 Å². The molecule has 2 aromatic carbocycles. The van der Waals surface area contributed by atoms with Gasteiger partial charge in [0.05, 0.1) is 13.2 Å². The van der Waals surface area contributed by atoms with Gasteiger partial charge in [-0.1, -0.05) is 12.1 Å². The number of halogens is 4. The molecule has 174 valence electrons. The fourth-order valence-corrected chi connectivity index (χ4v) is 3.88. The molecule has 0 aliphatic carbocycles. The molecule has 4 aromatic rings. The lowest BCUT2D eigenvalue weighted by Gasteiger charge is -2.15. The second kappa shape index (κ2) is 10.6.